The van der Waals surface area contributed by atoms with Crippen molar-refractivity contribution >= 4 is 11.9 Å². The van der Waals surface area contributed by atoms with Crippen molar-refractivity contribution in [3.63, 3.8) is 0 Å². The minimum Gasteiger partial charge on any atom is -0.481 e. The second kappa shape index (κ2) is 42.9. The van der Waals surface area contributed by atoms with Crippen molar-refractivity contribution in [2.75, 3.05) is 165 Å². The summed E-state index contributed by atoms with van der Waals surface area (Å²) in [5.41, 5.74) is 0. The van der Waals surface area contributed by atoms with E-state index < -0.39 is 5.97 Å². The van der Waals surface area contributed by atoms with Crippen LogP contribution in [0.1, 0.15) is 46.0 Å². The summed E-state index contributed by atoms with van der Waals surface area (Å²) in [6, 6.07) is 0. The largest absolute Gasteiger partial charge is 0.481 e. The zero-order valence-corrected chi connectivity index (χ0v) is 31.4. The van der Waals surface area contributed by atoms with Gasteiger partial charge in [-0.3, -0.25) is 9.59 Å². The van der Waals surface area contributed by atoms with Gasteiger partial charge in [0.15, 0.2) is 0 Å². The van der Waals surface area contributed by atoms with E-state index >= 15 is 0 Å². The van der Waals surface area contributed by atoms with Crippen LogP contribution in [0.5, 0.6) is 0 Å². The highest BCUT2D eigenvalue weighted by molar-refractivity contribution is 5.69. The summed E-state index contributed by atoms with van der Waals surface area (Å²) in [5, 5.41) is 8.55. The third-order valence-electron chi connectivity index (χ3n) is 6.70. The molecule has 0 aliphatic heterocycles. The predicted octanol–water partition coefficient (Wildman–Crippen LogP) is 2.42. The Morgan fingerprint density at radius 2 is 0.667 bits per heavy atom. The van der Waals surface area contributed by atoms with E-state index in [4.69, 9.17) is 66.7 Å². The van der Waals surface area contributed by atoms with E-state index in [2.05, 4.69) is 13.8 Å². The van der Waals surface area contributed by atoms with Gasteiger partial charge in [0.05, 0.1) is 152 Å². The lowest BCUT2D eigenvalue weighted by Gasteiger charge is -2.10. The number of rotatable bonds is 44. The van der Waals surface area contributed by atoms with Crippen molar-refractivity contribution in [1.82, 2.24) is 0 Å². The maximum absolute atomic E-state index is 11.5. The highest BCUT2D eigenvalue weighted by atomic mass is 16.6. The number of esters is 1. The Bertz CT molecular complexity index is 717. The van der Waals surface area contributed by atoms with Crippen molar-refractivity contribution in [2.24, 2.45) is 5.92 Å². The Morgan fingerprint density at radius 1 is 0.412 bits per heavy atom. The quantitative estimate of drug-likeness (QED) is 0.0711. The third kappa shape index (κ3) is 44.5. The smallest absolute Gasteiger partial charge is 0.305 e. The molecular weight excluding hydrogens is 676 g/mol. The first kappa shape index (κ1) is 49.5. The van der Waals surface area contributed by atoms with Crippen molar-refractivity contribution in [3.05, 3.63) is 0 Å². The van der Waals surface area contributed by atoms with Gasteiger partial charge in [0.2, 0.25) is 0 Å². The molecule has 0 rings (SSSR count). The summed E-state index contributed by atoms with van der Waals surface area (Å²) in [5.74, 6) is -0.621. The normalized spacial score (nSPS) is 12.0. The number of carbonyl (C=O) groups is 2. The van der Waals surface area contributed by atoms with Gasteiger partial charge in [0, 0.05) is 19.4 Å². The average Bonchev–Trinajstić information content (AvgIpc) is 3.12. The summed E-state index contributed by atoms with van der Waals surface area (Å²) in [7, 11) is 0. The second-order valence-corrected chi connectivity index (χ2v) is 11.1. The Kier molecular flexibility index (Phi) is 41.6. The lowest BCUT2D eigenvalue weighted by atomic mass is 10.1. The first-order valence-electron chi connectivity index (χ1n) is 18.4. The van der Waals surface area contributed by atoms with Gasteiger partial charge in [-0.05, 0) is 18.8 Å². The van der Waals surface area contributed by atoms with Gasteiger partial charge in [-0.25, -0.2) is 0 Å². The average molecular weight is 745 g/mol. The number of aliphatic carboxylic acids is 1. The van der Waals surface area contributed by atoms with Crippen molar-refractivity contribution < 1.29 is 76.3 Å². The minimum absolute atomic E-state index is 0.0594. The first-order chi connectivity index (χ1) is 25.1. The molecule has 0 aromatic heterocycles. The summed E-state index contributed by atoms with van der Waals surface area (Å²) in [6.07, 6.45) is 2.36. The molecule has 0 aromatic carbocycles. The second-order valence-electron chi connectivity index (χ2n) is 11.1. The fourth-order valence-electron chi connectivity index (χ4n) is 3.65. The number of carboxylic acids is 1. The van der Waals surface area contributed by atoms with E-state index in [1.54, 1.807) is 0 Å². The van der Waals surface area contributed by atoms with Crippen LogP contribution in [-0.4, -0.2) is 182 Å². The van der Waals surface area contributed by atoms with E-state index in [0.29, 0.717) is 164 Å². The molecule has 16 nitrogen and oxygen atoms in total. The van der Waals surface area contributed by atoms with E-state index in [-0.39, 0.29) is 32.0 Å². The van der Waals surface area contributed by atoms with Crippen LogP contribution in [0.4, 0.5) is 0 Å². The van der Waals surface area contributed by atoms with Gasteiger partial charge in [-0.1, -0.05) is 20.3 Å². The molecular formula is C35H68O16. The summed E-state index contributed by atoms with van der Waals surface area (Å²) in [4.78, 5) is 21.9. The number of carbonyl (C=O) groups excluding carboxylic acids is 1. The Hall–Kier alpha value is -1.54. The van der Waals surface area contributed by atoms with E-state index in [1.165, 1.54) is 0 Å². The van der Waals surface area contributed by atoms with Gasteiger partial charge < -0.3 is 66.7 Å². The molecule has 1 atom stereocenters. The fraction of sp³-hybridized carbons (Fsp3) is 0.943. The molecule has 0 aromatic rings. The zero-order valence-electron chi connectivity index (χ0n) is 31.4. The number of carboxylic acid groups (broad SMARTS) is 1. The number of unbranched alkanes of at least 4 members (excludes halogenated alkanes) is 1. The maximum atomic E-state index is 11.5. The Labute approximate surface area is 305 Å². The minimum atomic E-state index is -0.863. The van der Waals surface area contributed by atoms with Crippen molar-refractivity contribution in [2.45, 2.75) is 46.0 Å². The molecule has 0 aliphatic carbocycles. The maximum Gasteiger partial charge on any atom is 0.305 e. The molecule has 304 valence electrons. The zero-order chi connectivity index (χ0) is 37.1. The van der Waals surface area contributed by atoms with Crippen LogP contribution in [0.2, 0.25) is 0 Å². The molecule has 0 amide bonds. The monoisotopic (exact) mass is 744 g/mol. The fourth-order valence-corrected chi connectivity index (χ4v) is 3.65. The van der Waals surface area contributed by atoms with E-state index in [0.717, 1.165) is 13.0 Å². The topological polar surface area (TPSA) is 174 Å². The highest BCUT2D eigenvalue weighted by Crippen LogP contribution is 2.02. The standard InChI is InChI=1S/C35H68O16/c1-3-33(2)32-50-29-28-48-25-24-46-21-20-44-17-16-42-13-12-40-9-8-39-10-11-41-14-15-43-18-19-45-22-23-47-26-27-49-30-31-51-35(38)7-5-4-6-34(36)37/h33H,3-32H2,1-2H3,(H,36,37). The van der Waals surface area contributed by atoms with Crippen LogP contribution in [0.3, 0.4) is 0 Å². The van der Waals surface area contributed by atoms with Crippen LogP contribution >= 0.6 is 0 Å². The SMILES string of the molecule is CCC(C)COCCOCCOCCOCCOCCOCCOCCOCCOCCOCCOCCOCCOC(=O)CCCCC(=O)O. The van der Waals surface area contributed by atoms with Gasteiger partial charge in [-0.15, -0.1) is 0 Å². The molecule has 0 saturated carbocycles. The molecule has 0 heterocycles. The van der Waals surface area contributed by atoms with Crippen LogP contribution < -0.4 is 0 Å². The molecule has 16 heteroatoms. The summed E-state index contributed by atoms with van der Waals surface area (Å²) < 4.78 is 70.5. The van der Waals surface area contributed by atoms with Crippen LogP contribution in [0.15, 0.2) is 0 Å². The van der Waals surface area contributed by atoms with Crippen molar-refractivity contribution in [1.29, 1.82) is 0 Å². The van der Waals surface area contributed by atoms with Gasteiger partial charge in [0.1, 0.15) is 6.61 Å². The number of hydrogen-bond donors (Lipinski definition) is 1. The Balaban J connectivity index is 3.10. The van der Waals surface area contributed by atoms with E-state index in [9.17, 15) is 9.59 Å². The molecule has 1 unspecified atom stereocenters. The molecule has 51 heavy (non-hydrogen) atoms. The first-order valence-corrected chi connectivity index (χ1v) is 18.4. The third-order valence-corrected chi connectivity index (χ3v) is 6.70. The van der Waals surface area contributed by atoms with Crippen LogP contribution in [0.25, 0.3) is 0 Å². The molecule has 0 bridgehead atoms. The number of hydrogen-bond acceptors (Lipinski definition) is 15. The van der Waals surface area contributed by atoms with Crippen LogP contribution in [-0.2, 0) is 71.2 Å². The Morgan fingerprint density at radius 3 is 0.941 bits per heavy atom. The van der Waals surface area contributed by atoms with Gasteiger partial charge in [0.25, 0.3) is 0 Å². The molecule has 0 saturated heterocycles. The van der Waals surface area contributed by atoms with Crippen LogP contribution in [0, 0.1) is 5.92 Å². The molecule has 0 spiro atoms. The molecule has 0 aliphatic rings. The molecule has 0 fully saturated rings. The summed E-state index contributed by atoms with van der Waals surface area (Å²) >= 11 is 0. The van der Waals surface area contributed by atoms with Crippen molar-refractivity contribution in [3.8, 4) is 0 Å². The number of ether oxygens (including phenoxy) is 13. The van der Waals surface area contributed by atoms with E-state index in [1.807, 2.05) is 0 Å². The predicted molar refractivity (Wildman–Crippen MR) is 186 cm³/mol. The lowest BCUT2D eigenvalue weighted by molar-refractivity contribution is -0.146. The molecule has 1 N–H and O–H groups in total. The lowest BCUT2D eigenvalue weighted by Crippen LogP contribution is -2.16. The molecule has 0 radical (unpaired) electrons. The summed E-state index contributed by atoms with van der Waals surface area (Å²) in [6.45, 7) is 16.5. The highest BCUT2D eigenvalue weighted by Gasteiger charge is 2.04. The van der Waals surface area contributed by atoms with Gasteiger partial charge >= 0.3 is 11.9 Å². The van der Waals surface area contributed by atoms with Gasteiger partial charge in [-0.2, -0.15) is 0 Å².